The van der Waals surface area contributed by atoms with Crippen molar-refractivity contribution in [3.05, 3.63) is 71.4 Å². The Balaban J connectivity index is 1.80. The topological polar surface area (TPSA) is 129 Å². The summed E-state index contributed by atoms with van der Waals surface area (Å²) in [6, 6.07) is 12.6. The van der Waals surface area contributed by atoms with Gasteiger partial charge >= 0.3 is 11.9 Å². The number of hydrogen-bond donors (Lipinski definition) is 3. The van der Waals surface area contributed by atoms with Gasteiger partial charge in [0.25, 0.3) is 11.8 Å². The molecule has 4 rings (SSSR count). The summed E-state index contributed by atoms with van der Waals surface area (Å²) in [6.07, 6.45) is 2.92. The normalized spacial score (nSPS) is 15.3. The molecule has 10 heteroatoms. The maximum absolute atomic E-state index is 13.2. The van der Waals surface area contributed by atoms with Crippen LogP contribution >= 0.6 is 12.2 Å². The van der Waals surface area contributed by atoms with E-state index in [4.69, 9.17) is 12.2 Å². The Morgan fingerprint density at radius 3 is 2.53 bits per heavy atom. The second-order valence-corrected chi connectivity index (χ2v) is 7.32. The Hall–Kier alpha value is -4.31. The number of amides is 2. The van der Waals surface area contributed by atoms with E-state index in [1.165, 1.54) is 34.9 Å². The molecule has 2 aromatic carbocycles. The zero-order chi connectivity index (χ0) is 23.0. The quantitative estimate of drug-likeness (QED) is 0.310. The fourth-order valence-electron chi connectivity index (χ4n) is 3.49. The SMILES string of the molecule is O=C(O)Cn1cc(C=C2C(=O)NC(=S)N(c3cccc(C(=O)O)c3)C2=O)c2ccccc21. The highest BCUT2D eigenvalue weighted by Gasteiger charge is 2.35. The molecule has 160 valence electrons. The number of carboxylic acid groups (broad SMARTS) is 2. The zero-order valence-corrected chi connectivity index (χ0v) is 17.1. The lowest BCUT2D eigenvalue weighted by atomic mass is 10.1. The monoisotopic (exact) mass is 449 g/mol. The van der Waals surface area contributed by atoms with Crippen LogP contribution in [0, 0.1) is 0 Å². The molecule has 1 aliphatic heterocycles. The van der Waals surface area contributed by atoms with Gasteiger partial charge in [-0.3, -0.25) is 24.6 Å². The molecule has 0 bridgehead atoms. The Kier molecular flexibility index (Phi) is 5.29. The minimum atomic E-state index is -1.17. The zero-order valence-electron chi connectivity index (χ0n) is 16.3. The second kappa shape index (κ2) is 8.08. The van der Waals surface area contributed by atoms with Gasteiger partial charge in [0.05, 0.1) is 11.3 Å². The molecule has 0 aliphatic carbocycles. The minimum absolute atomic E-state index is 0.0442. The smallest absolute Gasteiger partial charge is 0.335 e. The minimum Gasteiger partial charge on any atom is -0.480 e. The summed E-state index contributed by atoms with van der Waals surface area (Å²) >= 11 is 5.15. The van der Waals surface area contributed by atoms with Crippen molar-refractivity contribution in [3.8, 4) is 0 Å². The predicted octanol–water partition coefficient (Wildman–Crippen LogP) is 2.26. The number of carbonyl (C=O) groups is 4. The maximum atomic E-state index is 13.2. The van der Waals surface area contributed by atoms with E-state index in [0.29, 0.717) is 16.5 Å². The van der Waals surface area contributed by atoms with Crippen molar-refractivity contribution in [2.24, 2.45) is 0 Å². The number of carbonyl (C=O) groups excluding carboxylic acids is 2. The fourth-order valence-corrected chi connectivity index (χ4v) is 3.77. The van der Waals surface area contributed by atoms with Crippen LogP contribution in [0.15, 0.2) is 60.3 Å². The fraction of sp³-hybridized carbons (Fsp3) is 0.0455. The van der Waals surface area contributed by atoms with Crippen molar-refractivity contribution < 1.29 is 29.4 Å². The molecular formula is C22H15N3O6S. The molecular weight excluding hydrogens is 434 g/mol. The third-order valence-electron chi connectivity index (χ3n) is 4.88. The van der Waals surface area contributed by atoms with Crippen LogP contribution in [0.5, 0.6) is 0 Å². The lowest BCUT2D eigenvalue weighted by Gasteiger charge is -2.29. The summed E-state index contributed by atoms with van der Waals surface area (Å²) in [5.74, 6) is -3.64. The number of anilines is 1. The van der Waals surface area contributed by atoms with Crippen LogP contribution in [0.4, 0.5) is 5.69 Å². The maximum Gasteiger partial charge on any atom is 0.335 e. The van der Waals surface area contributed by atoms with E-state index in [-0.39, 0.29) is 28.5 Å². The molecule has 3 N–H and O–H groups in total. The average molecular weight is 449 g/mol. The number of para-hydroxylation sites is 1. The molecule has 0 atom stereocenters. The van der Waals surface area contributed by atoms with Gasteiger partial charge in [-0.2, -0.15) is 0 Å². The van der Waals surface area contributed by atoms with Crippen LogP contribution in [-0.2, 0) is 20.9 Å². The van der Waals surface area contributed by atoms with E-state index in [1.807, 2.05) is 0 Å². The molecule has 0 radical (unpaired) electrons. The molecule has 1 aliphatic rings. The molecule has 2 amide bonds. The van der Waals surface area contributed by atoms with Crippen molar-refractivity contribution >= 4 is 63.7 Å². The van der Waals surface area contributed by atoms with E-state index in [1.54, 1.807) is 30.5 Å². The third-order valence-corrected chi connectivity index (χ3v) is 5.16. The highest BCUT2D eigenvalue weighted by molar-refractivity contribution is 7.80. The highest BCUT2D eigenvalue weighted by Crippen LogP contribution is 2.27. The van der Waals surface area contributed by atoms with Crippen molar-refractivity contribution in [1.82, 2.24) is 9.88 Å². The first kappa shape index (κ1) is 20.9. The summed E-state index contributed by atoms with van der Waals surface area (Å²) in [4.78, 5) is 49.4. The number of carboxylic acids is 2. The van der Waals surface area contributed by atoms with Crippen molar-refractivity contribution in [2.75, 3.05) is 4.90 Å². The average Bonchev–Trinajstić information content (AvgIpc) is 3.08. The van der Waals surface area contributed by atoms with Crippen LogP contribution in [0.3, 0.4) is 0 Å². The first-order valence-corrected chi connectivity index (χ1v) is 9.71. The summed E-state index contributed by atoms with van der Waals surface area (Å²) in [6.45, 7) is -0.290. The molecule has 1 fully saturated rings. The second-order valence-electron chi connectivity index (χ2n) is 6.94. The summed E-state index contributed by atoms with van der Waals surface area (Å²) in [5, 5.41) is 21.3. The van der Waals surface area contributed by atoms with Crippen molar-refractivity contribution in [1.29, 1.82) is 0 Å². The number of aromatic carboxylic acids is 1. The number of aliphatic carboxylic acids is 1. The number of rotatable bonds is 5. The number of fused-ring (bicyclic) bond motifs is 1. The van der Waals surface area contributed by atoms with E-state index in [9.17, 15) is 29.4 Å². The molecule has 9 nitrogen and oxygen atoms in total. The van der Waals surface area contributed by atoms with E-state index in [0.717, 1.165) is 4.90 Å². The molecule has 1 saturated heterocycles. The lowest BCUT2D eigenvalue weighted by molar-refractivity contribution is -0.137. The van der Waals surface area contributed by atoms with Gasteiger partial charge in [-0.1, -0.05) is 24.3 Å². The van der Waals surface area contributed by atoms with Gasteiger partial charge in [0.1, 0.15) is 12.1 Å². The van der Waals surface area contributed by atoms with Crippen LogP contribution in [0.1, 0.15) is 15.9 Å². The van der Waals surface area contributed by atoms with Gasteiger partial charge in [-0.05, 0) is 42.6 Å². The summed E-state index contributed by atoms with van der Waals surface area (Å²) < 4.78 is 1.51. The Morgan fingerprint density at radius 1 is 1.06 bits per heavy atom. The number of nitrogens with one attached hydrogen (secondary N) is 1. The molecule has 0 spiro atoms. The summed E-state index contributed by atoms with van der Waals surface area (Å²) in [5.41, 5.74) is 1.04. The van der Waals surface area contributed by atoms with Crippen LogP contribution in [-0.4, -0.2) is 43.6 Å². The van der Waals surface area contributed by atoms with Crippen molar-refractivity contribution in [3.63, 3.8) is 0 Å². The molecule has 32 heavy (non-hydrogen) atoms. The van der Waals surface area contributed by atoms with E-state index >= 15 is 0 Å². The Bertz CT molecular complexity index is 1360. The van der Waals surface area contributed by atoms with Crippen LogP contribution < -0.4 is 10.2 Å². The molecule has 0 unspecified atom stereocenters. The van der Waals surface area contributed by atoms with Crippen molar-refractivity contribution in [2.45, 2.75) is 6.54 Å². The summed E-state index contributed by atoms with van der Waals surface area (Å²) in [7, 11) is 0. The lowest BCUT2D eigenvalue weighted by Crippen LogP contribution is -2.54. The highest BCUT2D eigenvalue weighted by atomic mass is 32.1. The van der Waals surface area contributed by atoms with Crippen LogP contribution in [0.2, 0.25) is 0 Å². The number of thiocarbonyl (C=S) groups is 1. The number of nitrogens with zero attached hydrogens (tertiary/aromatic N) is 2. The molecule has 1 aromatic heterocycles. The van der Waals surface area contributed by atoms with Gasteiger partial charge in [-0.15, -0.1) is 0 Å². The van der Waals surface area contributed by atoms with E-state index in [2.05, 4.69) is 5.32 Å². The molecule has 2 heterocycles. The van der Waals surface area contributed by atoms with E-state index < -0.39 is 23.8 Å². The number of benzene rings is 2. The molecule has 3 aromatic rings. The third kappa shape index (κ3) is 3.74. The van der Waals surface area contributed by atoms with Gasteiger partial charge in [-0.25, -0.2) is 4.79 Å². The van der Waals surface area contributed by atoms with Gasteiger partial charge < -0.3 is 14.8 Å². The largest absolute Gasteiger partial charge is 0.480 e. The Morgan fingerprint density at radius 2 is 1.81 bits per heavy atom. The number of aromatic nitrogens is 1. The first-order valence-electron chi connectivity index (χ1n) is 9.30. The Labute approximate surface area is 186 Å². The van der Waals surface area contributed by atoms with Gasteiger partial charge in [0.2, 0.25) is 0 Å². The van der Waals surface area contributed by atoms with Gasteiger partial charge in [0.15, 0.2) is 5.11 Å². The number of hydrogen-bond acceptors (Lipinski definition) is 5. The standard InChI is InChI=1S/C22H15N3O6S/c26-18(27)11-24-10-13(15-6-1-2-7-17(15)24)9-16-19(28)23-22(32)25(20(16)29)14-5-3-4-12(8-14)21(30)31/h1-10H,11H2,(H,26,27)(H,30,31)(H,23,28,32). The molecule has 0 saturated carbocycles. The first-order chi connectivity index (χ1) is 15.3. The van der Waals surface area contributed by atoms with Gasteiger partial charge in [0, 0.05) is 22.7 Å². The predicted molar refractivity (Wildman–Crippen MR) is 119 cm³/mol. The van der Waals surface area contributed by atoms with Crippen LogP contribution in [0.25, 0.3) is 17.0 Å².